The van der Waals surface area contributed by atoms with Crippen LogP contribution in [0.4, 0.5) is 5.69 Å². The fourth-order valence-corrected chi connectivity index (χ4v) is 3.82. The van der Waals surface area contributed by atoms with Crippen molar-refractivity contribution in [2.45, 2.75) is 13.2 Å². The number of rotatable bonds is 8. The highest BCUT2D eigenvalue weighted by atomic mass is 79.9. The standard InChI is InChI=1S/C22H18BrCl2NO4/c1-29-20-9-14(11-26-16-5-6-19(25)17(10-16)22(27)28)8-18(23)21(20)30-12-13-3-2-4-15(24)7-13/h2-10,26H,11-12H2,1H3,(H,27,28). The Balaban J connectivity index is 1.73. The molecule has 3 aromatic rings. The largest absolute Gasteiger partial charge is 0.493 e. The van der Waals surface area contributed by atoms with Gasteiger partial charge in [0.05, 0.1) is 22.2 Å². The maximum atomic E-state index is 11.2. The monoisotopic (exact) mass is 509 g/mol. The minimum atomic E-state index is -1.07. The lowest BCUT2D eigenvalue weighted by Gasteiger charge is -2.15. The van der Waals surface area contributed by atoms with Gasteiger partial charge in [-0.1, -0.05) is 35.3 Å². The summed E-state index contributed by atoms with van der Waals surface area (Å²) in [5.41, 5.74) is 2.55. The number of anilines is 1. The van der Waals surface area contributed by atoms with Gasteiger partial charge in [0.25, 0.3) is 0 Å². The molecule has 3 rings (SSSR count). The van der Waals surface area contributed by atoms with Crippen molar-refractivity contribution in [1.82, 2.24) is 0 Å². The van der Waals surface area contributed by atoms with E-state index < -0.39 is 5.97 Å². The molecule has 0 spiro atoms. The third-order valence-corrected chi connectivity index (χ3v) is 5.41. The van der Waals surface area contributed by atoms with Crippen molar-refractivity contribution in [1.29, 1.82) is 0 Å². The van der Waals surface area contributed by atoms with E-state index in [0.717, 1.165) is 15.6 Å². The molecule has 8 heteroatoms. The average molecular weight is 511 g/mol. The van der Waals surface area contributed by atoms with Gasteiger partial charge in [-0.3, -0.25) is 0 Å². The first kappa shape index (κ1) is 22.3. The highest BCUT2D eigenvalue weighted by Crippen LogP contribution is 2.37. The van der Waals surface area contributed by atoms with Crippen LogP contribution in [0.25, 0.3) is 0 Å². The van der Waals surface area contributed by atoms with Crippen molar-refractivity contribution in [3.05, 3.63) is 85.8 Å². The van der Waals surface area contributed by atoms with Crippen LogP contribution in [0.15, 0.2) is 59.1 Å². The minimum Gasteiger partial charge on any atom is -0.493 e. The quantitative estimate of drug-likeness (QED) is 0.355. The van der Waals surface area contributed by atoms with Crippen molar-refractivity contribution in [3.8, 4) is 11.5 Å². The van der Waals surface area contributed by atoms with Crippen LogP contribution in [0.2, 0.25) is 10.0 Å². The van der Waals surface area contributed by atoms with Gasteiger partial charge in [0, 0.05) is 17.3 Å². The summed E-state index contributed by atoms with van der Waals surface area (Å²) in [6.07, 6.45) is 0. The maximum Gasteiger partial charge on any atom is 0.337 e. The van der Waals surface area contributed by atoms with Gasteiger partial charge in [0.2, 0.25) is 0 Å². The molecule has 0 amide bonds. The van der Waals surface area contributed by atoms with Crippen LogP contribution < -0.4 is 14.8 Å². The van der Waals surface area contributed by atoms with Gasteiger partial charge in [-0.15, -0.1) is 0 Å². The summed E-state index contributed by atoms with van der Waals surface area (Å²) in [6, 6.07) is 16.0. The Morgan fingerprint density at radius 1 is 1.10 bits per heavy atom. The molecule has 0 aliphatic rings. The molecule has 0 radical (unpaired) electrons. The predicted octanol–water partition coefficient (Wildman–Crippen LogP) is 6.65. The number of halogens is 3. The fourth-order valence-electron chi connectivity index (χ4n) is 2.80. The Kier molecular flexibility index (Phi) is 7.48. The van der Waals surface area contributed by atoms with E-state index in [1.165, 1.54) is 6.07 Å². The Hall–Kier alpha value is -2.41. The number of aromatic carboxylic acids is 1. The second kappa shape index (κ2) is 10.1. The van der Waals surface area contributed by atoms with Crippen LogP contribution in [0, 0.1) is 0 Å². The van der Waals surface area contributed by atoms with Crippen molar-refractivity contribution < 1.29 is 19.4 Å². The molecule has 0 fully saturated rings. The number of benzene rings is 3. The SMILES string of the molecule is COc1cc(CNc2ccc(Cl)c(C(=O)O)c2)cc(Br)c1OCc1cccc(Cl)c1. The van der Waals surface area contributed by atoms with Crippen molar-refractivity contribution in [2.24, 2.45) is 0 Å². The zero-order chi connectivity index (χ0) is 21.7. The summed E-state index contributed by atoms with van der Waals surface area (Å²) in [5.74, 6) is 0.0840. The van der Waals surface area contributed by atoms with E-state index in [-0.39, 0.29) is 10.6 Å². The number of ether oxygens (including phenoxy) is 2. The second-order valence-electron chi connectivity index (χ2n) is 6.38. The molecule has 3 aromatic carbocycles. The molecule has 0 aromatic heterocycles. The Labute approximate surface area is 192 Å². The van der Waals surface area contributed by atoms with Crippen molar-refractivity contribution >= 4 is 50.8 Å². The predicted molar refractivity (Wildman–Crippen MR) is 122 cm³/mol. The number of carbonyl (C=O) groups is 1. The summed E-state index contributed by atoms with van der Waals surface area (Å²) < 4.78 is 12.2. The molecule has 0 saturated heterocycles. The zero-order valence-electron chi connectivity index (χ0n) is 15.9. The number of methoxy groups -OCH3 is 1. The first-order valence-electron chi connectivity index (χ1n) is 8.87. The number of carboxylic acid groups (broad SMARTS) is 1. The molecular formula is C22H18BrCl2NO4. The van der Waals surface area contributed by atoms with Gasteiger partial charge < -0.3 is 19.9 Å². The Morgan fingerprint density at radius 2 is 1.90 bits per heavy atom. The first-order valence-corrected chi connectivity index (χ1v) is 10.4. The molecule has 0 aliphatic heterocycles. The van der Waals surface area contributed by atoms with Crippen LogP contribution >= 0.6 is 39.1 Å². The van der Waals surface area contributed by atoms with Gasteiger partial charge in [0.15, 0.2) is 11.5 Å². The van der Waals surface area contributed by atoms with Gasteiger partial charge >= 0.3 is 5.97 Å². The topological polar surface area (TPSA) is 67.8 Å². The first-order chi connectivity index (χ1) is 14.4. The summed E-state index contributed by atoms with van der Waals surface area (Å²) in [4.78, 5) is 11.2. The van der Waals surface area contributed by atoms with E-state index in [9.17, 15) is 9.90 Å². The number of carboxylic acids is 1. The van der Waals surface area contributed by atoms with Crippen LogP contribution in [0.1, 0.15) is 21.5 Å². The number of hydrogen-bond donors (Lipinski definition) is 2. The highest BCUT2D eigenvalue weighted by Gasteiger charge is 2.13. The van der Waals surface area contributed by atoms with Crippen molar-refractivity contribution in [3.63, 3.8) is 0 Å². The number of nitrogens with one attached hydrogen (secondary N) is 1. The normalized spacial score (nSPS) is 10.5. The summed E-state index contributed by atoms with van der Waals surface area (Å²) in [7, 11) is 1.57. The second-order valence-corrected chi connectivity index (χ2v) is 8.08. The zero-order valence-corrected chi connectivity index (χ0v) is 19.0. The maximum absolute atomic E-state index is 11.2. The van der Waals surface area contributed by atoms with Gasteiger partial charge in [-0.05, 0) is 69.5 Å². The van der Waals surface area contributed by atoms with Gasteiger partial charge in [-0.2, -0.15) is 0 Å². The van der Waals surface area contributed by atoms with E-state index in [0.29, 0.717) is 35.4 Å². The molecule has 0 aliphatic carbocycles. The smallest absolute Gasteiger partial charge is 0.337 e. The average Bonchev–Trinajstić information content (AvgIpc) is 2.71. The third-order valence-electron chi connectivity index (χ3n) is 4.25. The van der Waals surface area contributed by atoms with Crippen LogP contribution in [-0.2, 0) is 13.2 Å². The molecule has 156 valence electrons. The fraction of sp³-hybridized carbons (Fsp3) is 0.136. The van der Waals surface area contributed by atoms with E-state index >= 15 is 0 Å². The summed E-state index contributed by atoms with van der Waals surface area (Å²) >= 11 is 15.5. The van der Waals surface area contributed by atoms with E-state index in [1.807, 2.05) is 36.4 Å². The molecule has 0 atom stereocenters. The Bertz CT molecular complexity index is 1070. The highest BCUT2D eigenvalue weighted by molar-refractivity contribution is 9.10. The molecule has 2 N–H and O–H groups in total. The molecule has 0 unspecified atom stereocenters. The number of hydrogen-bond acceptors (Lipinski definition) is 4. The van der Waals surface area contributed by atoms with Crippen LogP contribution in [0.3, 0.4) is 0 Å². The summed E-state index contributed by atoms with van der Waals surface area (Å²) in [5, 5.41) is 13.2. The van der Waals surface area contributed by atoms with Crippen LogP contribution in [0.5, 0.6) is 11.5 Å². The van der Waals surface area contributed by atoms with E-state index in [4.69, 9.17) is 32.7 Å². The molecule has 30 heavy (non-hydrogen) atoms. The minimum absolute atomic E-state index is 0.0465. The van der Waals surface area contributed by atoms with Crippen LogP contribution in [-0.4, -0.2) is 18.2 Å². The van der Waals surface area contributed by atoms with E-state index in [2.05, 4.69) is 21.2 Å². The molecule has 5 nitrogen and oxygen atoms in total. The van der Waals surface area contributed by atoms with Gasteiger partial charge in [0.1, 0.15) is 6.61 Å². The summed E-state index contributed by atoms with van der Waals surface area (Å²) in [6.45, 7) is 0.792. The molecule has 0 saturated carbocycles. The van der Waals surface area contributed by atoms with Crippen molar-refractivity contribution in [2.75, 3.05) is 12.4 Å². The molecule has 0 bridgehead atoms. The van der Waals surface area contributed by atoms with Gasteiger partial charge in [-0.25, -0.2) is 4.79 Å². The Morgan fingerprint density at radius 3 is 2.60 bits per heavy atom. The third kappa shape index (κ3) is 5.59. The lowest BCUT2D eigenvalue weighted by molar-refractivity contribution is 0.0697. The molecule has 0 heterocycles. The molecular weight excluding hydrogens is 493 g/mol. The van der Waals surface area contributed by atoms with E-state index in [1.54, 1.807) is 19.2 Å². The lowest BCUT2D eigenvalue weighted by atomic mass is 10.1. The lowest BCUT2D eigenvalue weighted by Crippen LogP contribution is -2.04.